The molecule has 0 fully saturated rings. The molecule has 0 saturated heterocycles. The van der Waals surface area contributed by atoms with Crippen LogP contribution in [0.25, 0.3) is 0 Å². The van der Waals surface area contributed by atoms with E-state index in [1.807, 2.05) is 0 Å². The van der Waals surface area contributed by atoms with Gasteiger partial charge in [0.25, 0.3) is 0 Å². The number of thioether (sulfide) groups is 2. The molecule has 0 aliphatic heterocycles. The Labute approximate surface area is 127 Å². The number of hydrogen-bond donors (Lipinski definition) is 1. The summed E-state index contributed by atoms with van der Waals surface area (Å²) in [7, 11) is 0. The molecule has 1 aromatic heterocycles. The molecule has 0 spiro atoms. The fraction of sp³-hybridized carbons (Fsp3) is 0.429. The minimum absolute atomic E-state index is 0.159. The van der Waals surface area contributed by atoms with Crippen molar-refractivity contribution in [1.29, 1.82) is 0 Å². The van der Waals surface area contributed by atoms with Crippen molar-refractivity contribution >= 4 is 23.5 Å². The van der Waals surface area contributed by atoms with E-state index in [2.05, 4.69) is 47.6 Å². The van der Waals surface area contributed by atoms with Gasteiger partial charge in [-0.2, -0.15) is 16.7 Å². The normalized spacial score (nSPS) is 12.6. The number of rotatable bonds is 7. The third-order valence-electron chi connectivity index (χ3n) is 2.82. The van der Waals surface area contributed by atoms with E-state index in [1.54, 1.807) is 23.5 Å². The van der Waals surface area contributed by atoms with E-state index in [-0.39, 0.29) is 6.04 Å². The lowest BCUT2D eigenvalue weighted by Crippen LogP contribution is -2.11. The largest absolute Gasteiger partial charge is 0.338 e. The Morgan fingerprint density at radius 2 is 2.05 bits per heavy atom. The summed E-state index contributed by atoms with van der Waals surface area (Å²) in [6, 6.07) is 8.24. The van der Waals surface area contributed by atoms with Gasteiger partial charge in [-0.25, -0.2) is 0 Å². The summed E-state index contributed by atoms with van der Waals surface area (Å²) in [5, 5.41) is 3.98. The summed E-state index contributed by atoms with van der Waals surface area (Å²) in [5.74, 6) is 2.93. The van der Waals surface area contributed by atoms with Crippen molar-refractivity contribution < 1.29 is 4.52 Å². The maximum atomic E-state index is 6.00. The predicted octanol–water partition coefficient (Wildman–Crippen LogP) is 3.42. The Kier molecular flexibility index (Phi) is 5.94. The molecular weight excluding hydrogens is 290 g/mol. The van der Waals surface area contributed by atoms with Gasteiger partial charge in [0.15, 0.2) is 5.82 Å². The van der Waals surface area contributed by atoms with E-state index in [4.69, 9.17) is 10.3 Å². The van der Waals surface area contributed by atoms with Gasteiger partial charge in [-0.15, -0.1) is 11.8 Å². The first kappa shape index (κ1) is 15.4. The summed E-state index contributed by atoms with van der Waals surface area (Å²) >= 11 is 3.46. The summed E-state index contributed by atoms with van der Waals surface area (Å²) in [4.78, 5) is 5.57. The number of aryl methyl sites for hydroxylation is 1. The molecule has 2 aromatic rings. The zero-order valence-electron chi connectivity index (χ0n) is 11.7. The Morgan fingerprint density at radius 1 is 1.30 bits per heavy atom. The number of nitrogens with two attached hydrogens (primary N) is 1. The average Bonchev–Trinajstić information content (AvgIpc) is 2.93. The molecule has 1 aromatic carbocycles. The van der Waals surface area contributed by atoms with Gasteiger partial charge in [0.05, 0.1) is 11.8 Å². The molecule has 0 radical (unpaired) electrons. The highest BCUT2D eigenvalue weighted by atomic mass is 32.2. The molecule has 0 aliphatic rings. The maximum absolute atomic E-state index is 6.00. The standard InChI is InChI=1S/C14H19N3OS2/c1-10-3-5-11(6-4-10)20-9-13-16-14(18-17-13)12(15)7-8-19-2/h3-6,12H,7-9,15H2,1-2H3/t12-/m0/s1. The molecule has 0 aliphatic carbocycles. The molecular formula is C14H19N3OS2. The van der Waals surface area contributed by atoms with Gasteiger partial charge in [-0.3, -0.25) is 0 Å². The summed E-state index contributed by atoms with van der Waals surface area (Å²) in [6.07, 6.45) is 2.91. The molecule has 108 valence electrons. The lowest BCUT2D eigenvalue weighted by molar-refractivity contribution is 0.350. The molecule has 6 heteroatoms. The SMILES string of the molecule is CSCC[C@H](N)c1nc(CSc2ccc(C)cc2)no1. The molecule has 20 heavy (non-hydrogen) atoms. The Morgan fingerprint density at radius 3 is 2.75 bits per heavy atom. The summed E-state index contributed by atoms with van der Waals surface area (Å²) in [6.45, 7) is 2.08. The molecule has 0 bridgehead atoms. The van der Waals surface area contributed by atoms with Crippen LogP contribution in [0.2, 0.25) is 0 Å². The van der Waals surface area contributed by atoms with Gasteiger partial charge in [0.1, 0.15) is 0 Å². The van der Waals surface area contributed by atoms with Crippen LogP contribution in [-0.2, 0) is 5.75 Å². The van der Waals surface area contributed by atoms with Crippen molar-refractivity contribution in [3.63, 3.8) is 0 Å². The average molecular weight is 309 g/mol. The Hall–Kier alpha value is -0.980. The zero-order valence-corrected chi connectivity index (χ0v) is 13.3. The fourth-order valence-electron chi connectivity index (χ4n) is 1.63. The van der Waals surface area contributed by atoms with Crippen LogP contribution >= 0.6 is 23.5 Å². The van der Waals surface area contributed by atoms with E-state index < -0.39 is 0 Å². The third-order valence-corrected chi connectivity index (χ3v) is 4.47. The van der Waals surface area contributed by atoms with Crippen LogP contribution in [0.15, 0.2) is 33.7 Å². The first-order chi connectivity index (χ1) is 9.69. The van der Waals surface area contributed by atoms with Gasteiger partial charge in [0, 0.05) is 4.90 Å². The van der Waals surface area contributed by atoms with Crippen LogP contribution in [0.4, 0.5) is 0 Å². The number of benzene rings is 1. The first-order valence-electron chi connectivity index (χ1n) is 6.45. The third kappa shape index (κ3) is 4.54. The molecule has 0 unspecified atom stereocenters. The molecule has 2 rings (SSSR count). The van der Waals surface area contributed by atoms with E-state index in [9.17, 15) is 0 Å². The van der Waals surface area contributed by atoms with Crippen LogP contribution in [0.1, 0.15) is 29.7 Å². The van der Waals surface area contributed by atoms with Crippen LogP contribution in [0, 0.1) is 6.92 Å². The minimum atomic E-state index is -0.159. The second-order valence-electron chi connectivity index (χ2n) is 4.54. The molecule has 0 saturated carbocycles. The summed E-state index contributed by atoms with van der Waals surface area (Å²) < 4.78 is 5.22. The highest BCUT2D eigenvalue weighted by Crippen LogP contribution is 2.22. The van der Waals surface area contributed by atoms with Crippen molar-refractivity contribution in [3.8, 4) is 0 Å². The molecule has 1 heterocycles. The lowest BCUT2D eigenvalue weighted by Gasteiger charge is -2.03. The van der Waals surface area contributed by atoms with E-state index in [0.717, 1.165) is 12.2 Å². The van der Waals surface area contributed by atoms with Gasteiger partial charge in [-0.05, 0) is 37.5 Å². The van der Waals surface area contributed by atoms with Crippen LogP contribution < -0.4 is 5.73 Å². The van der Waals surface area contributed by atoms with Crippen molar-refractivity contribution in [1.82, 2.24) is 10.1 Å². The maximum Gasteiger partial charge on any atom is 0.243 e. The highest BCUT2D eigenvalue weighted by Gasteiger charge is 2.14. The molecule has 2 N–H and O–H groups in total. The van der Waals surface area contributed by atoms with Gasteiger partial charge in [-0.1, -0.05) is 22.9 Å². The summed E-state index contributed by atoms with van der Waals surface area (Å²) in [5.41, 5.74) is 7.26. The van der Waals surface area contributed by atoms with E-state index >= 15 is 0 Å². The van der Waals surface area contributed by atoms with Gasteiger partial charge in [0.2, 0.25) is 5.89 Å². The van der Waals surface area contributed by atoms with Crippen LogP contribution in [0.5, 0.6) is 0 Å². The zero-order chi connectivity index (χ0) is 14.4. The fourth-order valence-corrected chi connectivity index (χ4v) is 2.86. The number of nitrogens with zero attached hydrogens (tertiary/aromatic N) is 2. The van der Waals surface area contributed by atoms with Crippen molar-refractivity contribution in [2.24, 2.45) is 5.73 Å². The number of aromatic nitrogens is 2. The second kappa shape index (κ2) is 7.71. The Balaban J connectivity index is 1.87. The molecule has 0 amide bonds. The number of hydrogen-bond acceptors (Lipinski definition) is 6. The molecule has 4 nitrogen and oxygen atoms in total. The quantitative estimate of drug-likeness (QED) is 0.791. The van der Waals surface area contributed by atoms with Gasteiger partial charge < -0.3 is 10.3 Å². The lowest BCUT2D eigenvalue weighted by atomic mass is 10.2. The second-order valence-corrected chi connectivity index (χ2v) is 6.57. The smallest absolute Gasteiger partial charge is 0.243 e. The predicted molar refractivity (Wildman–Crippen MR) is 85.0 cm³/mol. The van der Waals surface area contributed by atoms with Crippen molar-refractivity contribution in [2.75, 3.05) is 12.0 Å². The molecule has 1 atom stereocenters. The monoisotopic (exact) mass is 309 g/mol. The van der Waals surface area contributed by atoms with Crippen molar-refractivity contribution in [3.05, 3.63) is 41.5 Å². The first-order valence-corrected chi connectivity index (χ1v) is 8.83. The van der Waals surface area contributed by atoms with Crippen LogP contribution in [-0.4, -0.2) is 22.1 Å². The van der Waals surface area contributed by atoms with E-state index in [0.29, 0.717) is 17.5 Å². The topological polar surface area (TPSA) is 64.9 Å². The van der Waals surface area contributed by atoms with Crippen molar-refractivity contribution in [2.45, 2.75) is 30.0 Å². The van der Waals surface area contributed by atoms with E-state index in [1.165, 1.54) is 10.5 Å². The van der Waals surface area contributed by atoms with Gasteiger partial charge >= 0.3 is 0 Å². The van der Waals surface area contributed by atoms with Crippen LogP contribution in [0.3, 0.4) is 0 Å². The Bertz CT molecular complexity index is 527. The minimum Gasteiger partial charge on any atom is -0.338 e. The highest BCUT2D eigenvalue weighted by molar-refractivity contribution is 7.98.